The summed E-state index contributed by atoms with van der Waals surface area (Å²) in [5.41, 5.74) is 3.24. The molecule has 7 heteroatoms. The molecule has 0 bridgehead atoms. The molecule has 0 unspecified atom stereocenters. The minimum Gasteiger partial charge on any atom is -0.340 e. The summed E-state index contributed by atoms with van der Waals surface area (Å²) in [6, 6.07) is 14.4. The first-order chi connectivity index (χ1) is 13.7. The van der Waals surface area contributed by atoms with Crippen molar-refractivity contribution in [1.82, 2.24) is 19.3 Å². The van der Waals surface area contributed by atoms with Crippen LogP contribution in [0.4, 0.5) is 17.5 Å². The molecule has 3 heterocycles. The normalized spacial score (nSPS) is 14.9. The predicted octanol–water partition coefficient (Wildman–Crippen LogP) is 4.06. The van der Waals surface area contributed by atoms with Crippen molar-refractivity contribution in [2.45, 2.75) is 18.7 Å². The van der Waals surface area contributed by atoms with Crippen molar-refractivity contribution in [2.75, 3.05) is 36.4 Å². The van der Waals surface area contributed by atoms with Gasteiger partial charge in [-0.1, -0.05) is 17.7 Å². The molecule has 1 aliphatic rings. The Morgan fingerprint density at radius 1 is 0.893 bits per heavy atom. The number of anilines is 3. The average molecular weight is 393 g/mol. The van der Waals surface area contributed by atoms with Crippen molar-refractivity contribution in [2.24, 2.45) is 0 Å². The molecule has 3 aromatic rings. The highest BCUT2D eigenvalue weighted by Gasteiger charge is 2.20. The molecule has 4 rings (SSSR count). The van der Waals surface area contributed by atoms with E-state index in [4.69, 9.17) is 4.98 Å². The van der Waals surface area contributed by atoms with Crippen LogP contribution in [0.2, 0.25) is 0 Å². The summed E-state index contributed by atoms with van der Waals surface area (Å²) in [6.45, 7) is 7.84. The van der Waals surface area contributed by atoms with Crippen LogP contribution in [-0.4, -0.2) is 45.4 Å². The van der Waals surface area contributed by atoms with Gasteiger partial charge in [0.15, 0.2) is 0 Å². The van der Waals surface area contributed by atoms with E-state index in [0.29, 0.717) is 0 Å². The molecule has 1 aliphatic heterocycles. The molecule has 0 aliphatic carbocycles. The van der Waals surface area contributed by atoms with Gasteiger partial charge in [-0.2, -0.15) is 4.98 Å². The largest absolute Gasteiger partial charge is 0.340 e. The Morgan fingerprint density at radius 2 is 1.61 bits per heavy atom. The van der Waals surface area contributed by atoms with Gasteiger partial charge in [0.1, 0.15) is 5.82 Å². The smallest absolute Gasteiger partial charge is 0.227 e. The van der Waals surface area contributed by atoms with Crippen LogP contribution in [0.15, 0.2) is 59.8 Å². The van der Waals surface area contributed by atoms with Crippen molar-refractivity contribution < 1.29 is 0 Å². The third kappa shape index (κ3) is 4.79. The first-order valence-electron chi connectivity index (χ1n) is 9.43. The molecular weight excluding hydrogens is 368 g/mol. The van der Waals surface area contributed by atoms with Crippen LogP contribution in [0.3, 0.4) is 0 Å². The first-order valence-corrected chi connectivity index (χ1v) is 10.2. The lowest BCUT2D eigenvalue weighted by atomic mass is 10.2. The van der Waals surface area contributed by atoms with Crippen molar-refractivity contribution in [3.8, 4) is 0 Å². The third-order valence-corrected chi connectivity index (χ3v) is 5.68. The maximum Gasteiger partial charge on any atom is 0.227 e. The molecule has 0 atom stereocenters. The van der Waals surface area contributed by atoms with Crippen LogP contribution in [0, 0.1) is 13.8 Å². The van der Waals surface area contributed by atoms with Crippen molar-refractivity contribution in [3.05, 3.63) is 66.1 Å². The van der Waals surface area contributed by atoms with Gasteiger partial charge in [0.05, 0.1) is 0 Å². The first kappa shape index (κ1) is 18.7. The molecule has 0 spiro atoms. The van der Waals surface area contributed by atoms with Gasteiger partial charge in [0.2, 0.25) is 5.95 Å². The number of hydrogen-bond acceptors (Lipinski definition) is 7. The molecule has 1 aromatic carbocycles. The average Bonchev–Trinajstić information content (AvgIpc) is 2.71. The number of piperazine rings is 1. The minimum absolute atomic E-state index is 0.795. The Morgan fingerprint density at radius 3 is 2.32 bits per heavy atom. The molecule has 2 aromatic heterocycles. The van der Waals surface area contributed by atoms with Gasteiger partial charge < -0.3 is 10.2 Å². The fourth-order valence-corrected chi connectivity index (χ4v) is 3.96. The van der Waals surface area contributed by atoms with E-state index in [1.165, 1.54) is 10.5 Å². The van der Waals surface area contributed by atoms with Crippen molar-refractivity contribution in [1.29, 1.82) is 0 Å². The quantitative estimate of drug-likeness (QED) is 0.657. The molecule has 28 heavy (non-hydrogen) atoms. The van der Waals surface area contributed by atoms with E-state index >= 15 is 0 Å². The van der Waals surface area contributed by atoms with E-state index in [1.807, 2.05) is 37.5 Å². The summed E-state index contributed by atoms with van der Waals surface area (Å²) in [6.07, 6.45) is 3.67. The molecule has 0 amide bonds. The Hall–Kier alpha value is -2.64. The zero-order chi connectivity index (χ0) is 19.3. The maximum atomic E-state index is 4.75. The van der Waals surface area contributed by atoms with Crippen LogP contribution in [0.25, 0.3) is 0 Å². The second kappa shape index (κ2) is 8.58. The van der Waals surface area contributed by atoms with E-state index in [2.05, 4.69) is 55.7 Å². The van der Waals surface area contributed by atoms with Crippen molar-refractivity contribution in [3.63, 3.8) is 0 Å². The number of rotatable bonds is 5. The Bertz CT molecular complexity index is 908. The minimum atomic E-state index is 0.795. The van der Waals surface area contributed by atoms with Gasteiger partial charge in [-0.25, -0.2) is 9.29 Å². The standard InChI is InChI=1S/C21H24N6S/c1-16-3-5-18(6-4-16)24-20-15-17(2)23-21(25-20)26-11-13-27(14-12-26)28-19-7-9-22-10-8-19/h3-10,15H,11-14H2,1-2H3,(H,23,24,25). The number of hydrogen-bond donors (Lipinski definition) is 1. The fourth-order valence-electron chi connectivity index (χ4n) is 3.07. The van der Waals surface area contributed by atoms with E-state index in [-0.39, 0.29) is 0 Å². The summed E-state index contributed by atoms with van der Waals surface area (Å²) < 4.78 is 2.38. The molecule has 144 valence electrons. The van der Waals surface area contributed by atoms with Crippen LogP contribution in [0.5, 0.6) is 0 Å². The van der Waals surface area contributed by atoms with Gasteiger partial charge in [0.25, 0.3) is 0 Å². The second-order valence-corrected chi connectivity index (χ2v) is 8.05. The number of pyridine rings is 1. The van der Waals surface area contributed by atoms with E-state index in [1.54, 1.807) is 11.9 Å². The SMILES string of the molecule is Cc1ccc(Nc2cc(C)nc(N3CCN(Sc4ccncc4)CC3)n2)cc1. The summed E-state index contributed by atoms with van der Waals surface area (Å²) >= 11 is 1.78. The Kier molecular flexibility index (Phi) is 5.73. The van der Waals surface area contributed by atoms with Gasteiger partial charge in [0, 0.05) is 60.9 Å². The highest BCUT2D eigenvalue weighted by molar-refractivity contribution is 7.97. The number of nitrogens with one attached hydrogen (secondary N) is 1. The number of aromatic nitrogens is 3. The zero-order valence-electron chi connectivity index (χ0n) is 16.2. The van der Waals surface area contributed by atoms with Crippen LogP contribution >= 0.6 is 11.9 Å². The summed E-state index contributed by atoms with van der Waals surface area (Å²) in [5, 5.41) is 3.39. The van der Waals surface area contributed by atoms with E-state index in [0.717, 1.165) is 49.3 Å². The van der Waals surface area contributed by atoms with Gasteiger partial charge in [-0.15, -0.1) is 0 Å². The Labute approximate surface area is 170 Å². The van der Waals surface area contributed by atoms with Crippen LogP contribution < -0.4 is 10.2 Å². The predicted molar refractivity (Wildman–Crippen MR) is 115 cm³/mol. The fraction of sp³-hybridized carbons (Fsp3) is 0.286. The lowest BCUT2D eigenvalue weighted by molar-refractivity contribution is 0.426. The Balaban J connectivity index is 1.40. The molecule has 1 fully saturated rings. The summed E-state index contributed by atoms with van der Waals surface area (Å²) in [5.74, 6) is 1.63. The summed E-state index contributed by atoms with van der Waals surface area (Å²) in [7, 11) is 0. The topological polar surface area (TPSA) is 57.2 Å². The highest BCUT2D eigenvalue weighted by atomic mass is 32.2. The lowest BCUT2D eigenvalue weighted by Gasteiger charge is -2.34. The lowest BCUT2D eigenvalue weighted by Crippen LogP contribution is -2.44. The molecule has 1 N–H and O–H groups in total. The number of benzene rings is 1. The molecule has 6 nitrogen and oxygen atoms in total. The maximum absolute atomic E-state index is 4.75. The zero-order valence-corrected chi connectivity index (χ0v) is 17.0. The monoisotopic (exact) mass is 392 g/mol. The van der Waals surface area contributed by atoms with E-state index in [9.17, 15) is 0 Å². The molecule has 1 saturated heterocycles. The van der Waals surface area contributed by atoms with Crippen LogP contribution in [0.1, 0.15) is 11.3 Å². The van der Waals surface area contributed by atoms with Gasteiger partial charge in [-0.3, -0.25) is 4.98 Å². The number of aryl methyl sites for hydroxylation is 2. The summed E-state index contributed by atoms with van der Waals surface area (Å²) in [4.78, 5) is 17.0. The van der Waals surface area contributed by atoms with Gasteiger partial charge in [-0.05, 0) is 50.1 Å². The number of nitrogens with zero attached hydrogens (tertiary/aromatic N) is 5. The highest BCUT2D eigenvalue weighted by Crippen LogP contribution is 2.25. The molecule has 0 radical (unpaired) electrons. The van der Waals surface area contributed by atoms with Crippen LogP contribution in [-0.2, 0) is 0 Å². The van der Waals surface area contributed by atoms with Gasteiger partial charge >= 0.3 is 0 Å². The van der Waals surface area contributed by atoms with E-state index < -0.39 is 0 Å². The second-order valence-electron chi connectivity index (χ2n) is 6.88. The van der Waals surface area contributed by atoms with Crippen molar-refractivity contribution >= 4 is 29.4 Å². The molecule has 0 saturated carbocycles. The third-order valence-electron chi connectivity index (χ3n) is 4.57. The molecular formula is C21H24N6S.